The molecule has 1 amide bonds. The Morgan fingerprint density at radius 3 is 2.56 bits per heavy atom. The van der Waals surface area contributed by atoms with Crippen LogP contribution >= 0.6 is 11.6 Å². The third-order valence-corrected chi connectivity index (χ3v) is 2.46. The second kappa shape index (κ2) is 3.83. The molecule has 0 aliphatic carbocycles. The Hall–Kier alpha value is -1.49. The summed E-state index contributed by atoms with van der Waals surface area (Å²) in [6.45, 7) is 0.0156. The maximum absolute atomic E-state index is 13.4. The van der Waals surface area contributed by atoms with Crippen molar-refractivity contribution in [3.05, 3.63) is 29.3 Å². The Morgan fingerprint density at radius 2 is 1.94 bits per heavy atom. The highest BCUT2D eigenvalue weighted by Gasteiger charge is 2.38. The molecule has 3 nitrogen and oxygen atoms in total. The van der Waals surface area contributed by atoms with Gasteiger partial charge in [0.1, 0.15) is 5.82 Å². The summed E-state index contributed by atoms with van der Waals surface area (Å²) in [6.07, 6.45) is 0. The van der Waals surface area contributed by atoms with E-state index < -0.39 is 23.3 Å². The van der Waals surface area contributed by atoms with E-state index in [1.165, 1.54) is 0 Å². The van der Waals surface area contributed by atoms with Crippen molar-refractivity contribution < 1.29 is 18.4 Å². The molecule has 0 fully saturated rings. The van der Waals surface area contributed by atoms with E-state index in [-0.39, 0.29) is 23.7 Å². The number of hydrogen-bond acceptors (Lipinski definition) is 2. The number of alkyl halides is 1. The van der Waals surface area contributed by atoms with Crippen LogP contribution in [-0.4, -0.2) is 24.1 Å². The van der Waals surface area contributed by atoms with Crippen molar-refractivity contribution in [2.24, 2.45) is 0 Å². The summed E-state index contributed by atoms with van der Waals surface area (Å²) < 4.78 is 26.3. The van der Waals surface area contributed by atoms with Crippen molar-refractivity contribution in [3.63, 3.8) is 0 Å². The molecule has 0 spiro atoms. The number of fused-ring (bicyclic) bond motifs is 1. The monoisotopic (exact) mass is 245 g/mol. The molecule has 0 saturated carbocycles. The number of benzene rings is 1. The lowest BCUT2D eigenvalue weighted by molar-refractivity contribution is -0.114. The largest absolute Gasteiger partial charge is 0.301 e. The molecule has 1 aliphatic heterocycles. The predicted molar refractivity (Wildman–Crippen MR) is 53.8 cm³/mol. The second-order valence-electron chi connectivity index (χ2n) is 3.26. The third kappa shape index (κ3) is 1.48. The minimum Gasteiger partial charge on any atom is -0.301 e. The number of halogens is 3. The van der Waals surface area contributed by atoms with E-state index in [1.54, 1.807) is 0 Å². The van der Waals surface area contributed by atoms with Crippen molar-refractivity contribution in [2.75, 3.05) is 17.3 Å². The first kappa shape index (κ1) is 11.0. The molecule has 0 aromatic heterocycles. The number of hydrogen-bond donors (Lipinski definition) is 0. The second-order valence-corrected chi connectivity index (χ2v) is 3.64. The fourth-order valence-corrected chi connectivity index (χ4v) is 1.82. The van der Waals surface area contributed by atoms with Gasteiger partial charge in [-0.3, -0.25) is 9.59 Å². The van der Waals surface area contributed by atoms with Crippen LogP contribution in [-0.2, 0) is 4.79 Å². The van der Waals surface area contributed by atoms with Crippen molar-refractivity contribution in [1.82, 2.24) is 0 Å². The molecule has 1 aliphatic rings. The maximum atomic E-state index is 13.4. The van der Waals surface area contributed by atoms with Gasteiger partial charge in [0.25, 0.3) is 11.7 Å². The molecule has 16 heavy (non-hydrogen) atoms. The van der Waals surface area contributed by atoms with Gasteiger partial charge in [0.2, 0.25) is 0 Å². The Bertz CT molecular complexity index is 490. The minimum atomic E-state index is -0.931. The van der Waals surface area contributed by atoms with E-state index in [4.69, 9.17) is 11.6 Å². The summed E-state index contributed by atoms with van der Waals surface area (Å²) in [7, 11) is 0. The molecule has 0 atom stereocenters. The van der Waals surface area contributed by atoms with E-state index in [2.05, 4.69) is 0 Å². The van der Waals surface area contributed by atoms with Gasteiger partial charge in [-0.2, -0.15) is 0 Å². The fourth-order valence-electron chi connectivity index (χ4n) is 1.65. The van der Waals surface area contributed by atoms with Gasteiger partial charge >= 0.3 is 0 Å². The molecule has 1 aromatic carbocycles. The number of carbonyl (C=O) groups is 2. The molecule has 0 saturated heterocycles. The van der Waals surface area contributed by atoms with Gasteiger partial charge in [0.05, 0.1) is 11.3 Å². The number of ketones is 1. The van der Waals surface area contributed by atoms with Crippen LogP contribution in [0.25, 0.3) is 0 Å². The van der Waals surface area contributed by atoms with E-state index in [0.717, 1.165) is 11.0 Å². The lowest BCUT2D eigenvalue weighted by Gasteiger charge is -2.14. The molecule has 84 valence electrons. The average molecular weight is 246 g/mol. The molecular formula is C10H6ClF2NO2. The summed E-state index contributed by atoms with van der Waals surface area (Å²) in [4.78, 5) is 23.8. The van der Waals surface area contributed by atoms with Crippen molar-refractivity contribution in [3.8, 4) is 0 Å². The first-order valence-electron chi connectivity index (χ1n) is 4.47. The third-order valence-electron chi connectivity index (χ3n) is 2.29. The zero-order valence-corrected chi connectivity index (χ0v) is 8.72. The molecule has 2 rings (SSSR count). The molecule has 0 bridgehead atoms. The van der Waals surface area contributed by atoms with Gasteiger partial charge in [-0.15, -0.1) is 11.6 Å². The summed E-state index contributed by atoms with van der Waals surface area (Å²) >= 11 is 5.44. The average Bonchev–Trinajstić information content (AvgIpc) is 2.44. The van der Waals surface area contributed by atoms with Crippen LogP contribution < -0.4 is 4.90 Å². The lowest BCUT2D eigenvalue weighted by atomic mass is 10.1. The minimum absolute atomic E-state index is 0.0156. The lowest BCUT2D eigenvalue weighted by Crippen LogP contribution is -2.31. The zero-order chi connectivity index (χ0) is 11.9. The van der Waals surface area contributed by atoms with Gasteiger partial charge in [0.15, 0.2) is 5.82 Å². The Kier molecular flexibility index (Phi) is 2.63. The van der Waals surface area contributed by atoms with E-state index in [1.807, 2.05) is 0 Å². The van der Waals surface area contributed by atoms with Crippen molar-refractivity contribution in [1.29, 1.82) is 0 Å². The Morgan fingerprint density at radius 1 is 1.25 bits per heavy atom. The number of anilines is 1. The molecule has 1 heterocycles. The van der Waals surface area contributed by atoms with Gasteiger partial charge < -0.3 is 4.90 Å². The SMILES string of the molecule is O=C1C(=O)N(CCCl)c2c(F)cc(F)cc21. The Labute approximate surface area is 94.6 Å². The number of amides is 1. The fraction of sp³-hybridized carbons (Fsp3) is 0.200. The smallest absolute Gasteiger partial charge is 0.299 e. The highest BCUT2D eigenvalue weighted by atomic mass is 35.5. The number of rotatable bonds is 2. The van der Waals surface area contributed by atoms with Crippen LogP contribution in [0, 0.1) is 11.6 Å². The topological polar surface area (TPSA) is 37.4 Å². The first-order valence-corrected chi connectivity index (χ1v) is 5.01. The van der Waals surface area contributed by atoms with Crippen LogP contribution in [0.15, 0.2) is 12.1 Å². The number of carbonyl (C=O) groups excluding carboxylic acids is 2. The Balaban J connectivity index is 2.60. The maximum Gasteiger partial charge on any atom is 0.299 e. The van der Waals surface area contributed by atoms with Gasteiger partial charge in [-0.05, 0) is 6.07 Å². The molecular weight excluding hydrogens is 240 g/mol. The van der Waals surface area contributed by atoms with Crippen LogP contribution in [0.3, 0.4) is 0 Å². The number of Topliss-reactive ketones (excluding diaryl/α,β-unsaturated/α-hetero) is 1. The highest BCUT2D eigenvalue weighted by Crippen LogP contribution is 2.32. The predicted octanol–water partition coefficient (Wildman–Crippen LogP) is 1.73. The molecule has 6 heteroatoms. The summed E-state index contributed by atoms with van der Waals surface area (Å²) in [5, 5.41) is 0. The first-order chi connectivity index (χ1) is 7.56. The standard InChI is InChI=1S/C10H6ClF2NO2/c11-1-2-14-8-6(9(15)10(14)16)3-5(12)4-7(8)13/h3-4H,1-2H2. The quantitative estimate of drug-likeness (QED) is 0.588. The highest BCUT2D eigenvalue weighted by molar-refractivity contribution is 6.52. The van der Waals surface area contributed by atoms with Crippen LogP contribution in [0.5, 0.6) is 0 Å². The molecule has 1 aromatic rings. The molecule has 0 radical (unpaired) electrons. The van der Waals surface area contributed by atoms with E-state index >= 15 is 0 Å². The van der Waals surface area contributed by atoms with Crippen LogP contribution in [0.2, 0.25) is 0 Å². The van der Waals surface area contributed by atoms with Crippen molar-refractivity contribution >= 4 is 29.0 Å². The normalized spacial score (nSPS) is 14.6. The van der Waals surface area contributed by atoms with E-state index in [9.17, 15) is 18.4 Å². The summed E-state index contributed by atoms with van der Waals surface area (Å²) in [5.41, 5.74) is -0.426. The zero-order valence-electron chi connectivity index (χ0n) is 7.97. The van der Waals surface area contributed by atoms with Crippen molar-refractivity contribution in [2.45, 2.75) is 0 Å². The van der Waals surface area contributed by atoms with Gasteiger partial charge in [-0.25, -0.2) is 8.78 Å². The van der Waals surface area contributed by atoms with Crippen LogP contribution in [0.4, 0.5) is 14.5 Å². The number of nitrogens with zero attached hydrogens (tertiary/aromatic N) is 1. The molecule has 0 unspecified atom stereocenters. The van der Waals surface area contributed by atoms with Gasteiger partial charge in [0, 0.05) is 18.5 Å². The van der Waals surface area contributed by atoms with Crippen LogP contribution in [0.1, 0.15) is 10.4 Å². The van der Waals surface area contributed by atoms with Gasteiger partial charge in [-0.1, -0.05) is 0 Å². The summed E-state index contributed by atoms with van der Waals surface area (Å²) in [6, 6.07) is 1.48. The molecule has 0 N–H and O–H groups in total. The summed E-state index contributed by atoms with van der Waals surface area (Å²) in [5.74, 6) is -3.53. The van der Waals surface area contributed by atoms with E-state index in [0.29, 0.717) is 6.07 Å².